The van der Waals surface area contributed by atoms with Gasteiger partial charge >= 0.3 is 0 Å². The first-order valence-electron chi connectivity index (χ1n) is 8.84. The molecule has 2 heterocycles. The summed E-state index contributed by atoms with van der Waals surface area (Å²) in [5.41, 5.74) is 2.58. The summed E-state index contributed by atoms with van der Waals surface area (Å²) in [5.74, 6) is 0.916. The highest BCUT2D eigenvalue weighted by molar-refractivity contribution is 5.29. The van der Waals surface area contributed by atoms with E-state index >= 15 is 0 Å². The van der Waals surface area contributed by atoms with Crippen molar-refractivity contribution in [3.63, 3.8) is 0 Å². The van der Waals surface area contributed by atoms with Gasteiger partial charge in [0.25, 0.3) is 0 Å². The third-order valence-electron chi connectivity index (χ3n) is 4.72. The maximum absolute atomic E-state index is 5.30. The van der Waals surface area contributed by atoms with Gasteiger partial charge in [-0.2, -0.15) is 0 Å². The second-order valence-corrected chi connectivity index (χ2v) is 6.38. The Kier molecular flexibility index (Phi) is 6.21. The standard InChI is InChI=1S/C20H27N3O/c1-24-19-9-7-18(8-10-19)20(23-12-3-2-4-13-23)16-22-15-17-6-5-11-21-14-17/h5-11,14,20,22H,2-4,12-13,15-16H2,1H3. The van der Waals surface area contributed by atoms with Crippen LogP contribution < -0.4 is 10.1 Å². The van der Waals surface area contributed by atoms with Gasteiger partial charge in [0.15, 0.2) is 0 Å². The lowest BCUT2D eigenvalue weighted by Crippen LogP contribution is -2.39. The summed E-state index contributed by atoms with van der Waals surface area (Å²) in [6.45, 7) is 4.17. The van der Waals surface area contributed by atoms with E-state index < -0.39 is 0 Å². The van der Waals surface area contributed by atoms with E-state index in [9.17, 15) is 0 Å². The summed E-state index contributed by atoms with van der Waals surface area (Å²) >= 11 is 0. The maximum Gasteiger partial charge on any atom is 0.118 e. The van der Waals surface area contributed by atoms with Crippen LogP contribution in [0.25, 0.3) is 0 Å². The van der Waals surface area contributed by atoms with Crippen LogP contribution in [0.1, 0.15) is 36.4 Å². The number of methoxy groups -OCH3 is 1. The van der Waals surface area contributed by atoms with Gasteiger partial charge in [-0.25, -0.2) is 0 Å². The number of nitrogens with zero attached hydrogens (tertiary/aromatic N) is 2. The Labute approximate surface area is 144 Å². The highest BCUT2D eigenvalue weighted by Gasteiger charge is 2.22. The number of aromatic nitrogens is 1. The molecule has 1 aliphatic rings. The Hall–Kier alpha value is -1.91. The molecule has 1 aromatic heterocycles. The quantitative estimate of drug-likeness (QED) is 0.846. The van der Waals surface area contributed by atoms with Gasteiger partial charge < -0.3 is 10.1 Å². The molecule has 1 aliphatic heterocycles. The van der Waals surface area contributed by atoms with E-state index in [0.717, 1.165) is 18.8 Å². The van der Waals surface area contributed by atoms with Crippen molar-refractivity contribution in [3.05, 3.63) is 59.9 Å². The molecule has 3 rings (SSSR count). The van der Waals surface area contributed by atoms with Crippen LogP contribution in [-0.4, -0.2) is 36.6 Å². The number of likely N-dealkylation sites (tertiary alicyclic amines) is 1. The molecule has 2 aromatic rings. The zero-order valence-corrected chi connectivity index (χ0v) is 14.4. The Bertz CT molecular complexity index is 594. The highest BCUT2D eigenvalue weighted by Crippen LogP contribution is 2.25. The summed E-state index contributed by atoms with van der Waals surface area (Å²) in [7, 11) is 1.71. The molecular formula is C20H27N3O. The van der Waals surface area contributed by atoms with Gasteiger partial charge in [-0.15, -0.1) is 0 Å². The second-order valence-electron chi connectivity index (χ2n) is 6.38. The number of hydrogen-bond donors (Lipinski definition) is 1. The van der Waals surface area contributed by atoms with Crippen molar-refractivity contribution in [2.45, 2.75) is 31.8 Å². The Morgan fingerprint density at radius 3 is 2.58 bits per heavy atom. The molecule has 0 aliphatic carbocycles. The van der Waals surface area contributed by atoms with Crippen LogP contribution in [0.15, 0.2) is 48.8 Å². The van der Waals surface area contributed by atoms with Crippen molar-refractivity contribution in [1.29, 1.82) is 0 Å². The normalized spacial score (nSPS) is 16.7. The minimum Gasteiger partial charge on any atom is -0.497 e. The van der Waals surface area contributed by atoms with Gasteiger partial charge in [-0.1, -0.05) is 24.6 Å². The van der Waals surface area contributed by atoms with Gasteiger partial charge in [0, 0.05) is 31.5 Å². The van der Waals surface area contributed by atoms with E-state index in [4.69, 9.17) is 4.74 Å². The molecule has 0 saturated carbocycles. The summed E-state index contributed by atoms with van der Waals surface area (Å²) in [6, 6.07) is 13.0. The summed E-state index contributed by atoms with van der Waals surface area (Å²) in [5, 5.41) is 3.61. The highest BCUT2D eigenvalue weighted by atomic mass is 16.5. The molecule has 1 saturated heterocycles. The average molecular weight is 325 g/mol. The molecule has 0 amide bonds. The van der Waals surface area contributed by atoms with Crippen LogP contribution in [-0.2, 0) is 6.54 Å². The molecule has 0 radical (unpaired) electrons. The Morgan fingerprint density at radius 2 is 1.92 bits per heavy atom. The Balaban J connectivity index is 1.66. The van der Waals surface area contributed by atoms with Crippen LogP contribution in [0, 0.1) is 0 Å². The van der Waals surface area contributed by atoms with Gasteiger partial charge in [-0.05, 0) is 55.3 Å². The summed E-state index contributed by atoms with van der Waals surface area (Å²) < 4.78 is 5.30. The lowest BCUT2D eigenvalue weighted by atomic mass is 10.0. The fraction of sp³-hybridized carbons (Fsp3) is 0.450. The number of pyridine rings is 1. The van der Waals surface area contributed by atoms with Crippen LogP contribution in [0.4, 0.5) is 0 Å². The first kappa shape index (κ1) is 16.9. The van der Waals surface area contributed by atoms with Gasteiger partial charge in [0.1, 0.15) is 5.75 Å². The van der Waals surface area contributed by atoms with Crippen LogP contribution in [0.2, 0.25) is 0 Å². The molecule has 0 bridgehead atoms. The SMILES string of the molecule is COc1ccc(C(CNCc2cccnc2)N2CCCCC2)cc1. The number of benzene rings is 1. The number of rotatable bonds is 7. The zero-order valence-electron chi connectivity index (χ0n) is 14.4. The van der Waals surface area contributed by atoms with E-state index in [1.54, 1.807) is 7.11 Å². The topological polar surface area (TPSA) is 37.4 Å². The molecular weight excluding hydrogens is 298 g/mol. The van der Waals surface area contributed by atoms with Gasteiger partial charge in [0.05, 0.1) is 7.11 Å². The van der Waals surface area contributed by atoms with Crippen LogP contribution >= 0.6 is 0 Å². The third kappa shape index (κ3) is 4.56. The van der Waals surface area contributed by atoms with Crippen molar-refractivity contribution in [1.82, 2.24) is 15.2 Å². The van der Waals surface area contributed by atoms with E-state index in [0.29, 0.717) is 6.04 Å². The van der Waals surface area contributed by atoms with Crippen molar-refractivity contribution in [2.75, 3.05) is 26.7 Å². The van der Waals surface area contributed by atoms with Gasteiger partial charge in [-0.3, -0.25) is 9.88 Å². The minimum absolute atomic E-state index is 0.410. The number of nitrogens with one attached hydrogen (secondary N) is 1. The first-order valence-corrected chi connectivity index (χ1v) is 8.84. The molecule has 1 aromatic carbocycles. The number of ether oxygens (including phenoxy) is 1. The monoisotopic (exact) mass is 325 g/mol. The van der Waals surface area contributed by atoms with E-state index in [2.05, 4.69) is 45.5 Å². The molecule has 1 unspecified atom stereocenters. The first-order chi connectivity index (χ1) is 11.9. The molecule has 1 atom stereocenters. The molecule has 1 N–H and O–H groups in total. The Morgan fingerprint density at radius 1 is 1.12 bits per heavy atom. The smallest absolute Gasteiger partial charge is 0.118 e. The zero-order chi connectivity index (χ0) is 16.6. The number of piperidine rings is 1. The van der Waals surface area contributed by atoms with Crippen molar-refractivity contribution in [2.24, 2.45) is 0 Å². The van der Waals surface area contributed by atoms with E-state index in [1.165, 1.54) is 43.5 Å². The second kappa shape index (κ2) is 8.81. The largest absolute Gasteiger partial charge is 0.497 e. The lowest BCUT2D eigenvalue weighted by Gasteiger charge is -2.35. The fourth-order valence-corrected chi connectivity index (χ4v) is 3.37. The minimum atomic E-state index is 0.410. The van der Waals surface area contributed by atoms with E-state index in [-0.39, 0.29) is 0 Å². The van der Waals surface area contributed by atoms with Crippen LogP contribution in [0.3, 0.4) is 0 Å². The molecule has 0 spiro atoms. The molecule has 4 nitrogen and oxygen atoms in total. The number of hydrogen-bond acceptors (Lipinski definition) is 4. The van der Waals surface area contributed by atoms with Gasteiger partial charge in [0.2, 0.25) is 0 Å². The van der Waals surface area contributed by atoms with Crippen molar-refractivity contribution in [3.8, 4) is 5.75 Å². The van der Waals surface area contributed by atoms with E-state index in [1.807, 2.05) is 18.5 Å². The van der Waals surface area contributed by atoms with Crippen LogP contribution in [0.5, 0.6) is 5.75 Å². The summed E-state index contributed by atoms with van der Waals surface area (Å²) in [4.78, 5) is 6.80. The van der Waals surface area contributed by atoms with Crippen molar-refractivity contribution >= 4 is 0 Å². The molecule has 128 valence electrons. The predicted octanol–water partition coefficient (Wildman–Crippen LogP) is 3.41. The third-order valence-corrected chi connectivity index (χ3v) is 4.72. The fourth-order valence-electron chi connectivity index (χ4n) is 3.37. The molecule has 4 heteroatoms. The maximum atomic E-state index is 5.30. The van der Waals surface area contributed by atoms with Crippen molar-refractivity contribution < 1.29 is 4.74 Å². The lowest BCUT2D eigenvalue weighted by molar-refractivity contribution is 0.160. The summed E-state index contributed by atoms with van der Waals surface area (Å²) in [6.07, 6.45) is 7.70. The predicted molar refractivity (Wildman–Crippen MR) is 97.1 cm³/mol. The molecule has 1 fully saturated rings. The average Bonchev–Trinajstić information content (AvgIpc) is 2.67. The molecule has 24 heavy (non-hydrogen) atoms.